The smallest absolute Gasteiger partial charge is 0.309 e. The van der Waals surface area contributed by atoms with Gasteiger partial charge in [-0.05, 0) is 43.5 Å². The molecule has 2 rings (SSSR count). The molecule has 1 aromatic carbocycles. The van der Waals surface area contributed by atoms with Crippen LogP contribution in [0.5, 0.6) is 5.75 Å². The normalized spacial score (nSPS) is 18.1. The Morgan fingerprint density at radius 2 is 2.00 bits per heavy atom. The molecule has 0 bridgehead atoms. The number of carbonyl (C=O) groups excluding carboxylic acids is 1. The number of hydrogen-bond acceptors (Lipinski definition) is 3. The van der Waals surface area contributed by atoms with Crippen molar-refractivity contribution in [1.82, 2.24) is 0 Å². The Hall–Kier alpha value is -1.29. The maximum Gasteiger partial charge on any atom is 0.309 e. The highest BCUT2D eigenvalue weighted by atomic mass is 79.9. The number of ether oxygens (including phenoxy) is 2. The molecule has 1 atom stereocenters. The molecule has 0 fully saturated rings. The molecule has 0 N–H and O–H groups in total. The molecule has 1 aromatic rings. The van der Waals surface area contributed by atoms with Crippen LogP contribution < -0.4 is 4.74 Å². The van der Waals surface area contributed by atoms with Gasteiger partial charge in [0.15, 0.2) is 0 Å². The van der Waals surface area contributed by atoms with Gasteiger partial charge in [-0.15, -0.1) is 0 Å². The molecule has 0 aromatic heterocycles. The first-order valence-electron chi connectivity index (χ1n) is 6.46. The van der Waals surface area contributed by atoms with Crippen molar-refractivity contribution < 1.29 is 14.3 Å². The molecule has 19 heavy (non-hydrogen) atoms. The molecule has 0 amide bonds. The molecule has 0 saturated carbocycles. The minimum atomic E-state index is -0.108. The predicted molar refractivity (Wildman–Crippen MR) is 77.1 cm³/mol. The molecule has 4 heteroatoms. The molecular formula is C15H17BrO3. The molecular weight excluding hydrogens is 308 g/mol. The number of hydrogen-bond donors (Lipinski definition) is 0. The molecule has 1 aliphatic rings. The zero-order valence-electron chi connectivity index (χ0n) is 10.7. The van der Waals surface area contributed by atoms with Crippen molar-refractivity contribution in [3.05, 3.63) is 40.9 Å². The van der Waals surface area contributed by atoms with Crippen molar-refractivity contribution in [3.63, 3.8) is 0 Å². The summed E-state index contributed by atoms with van der Waals surface area (Å²) in [7, 11) is 0. The average molecular weight is 325 g/mol. The van der Waals surface area contributed by atoms with E-state index in [1.807, 2.05) is 30.3 Å². The first-order chi connectivity index (χ1) is 9.25. The van der Waals surface area contributed by atoms with Crippen LogP contribution in [-0.4, -0.2) is 19.2 Å². The molecule has 3 nitrogen and oxygen atoms in total. The number of esters is 1. The average Bonchev–Trinajstić information content (AvgIpc) is 2.46. The summed E-state index contributed by atoms with van der Waals surface area (Å²) in [5.41, 5.74) is 0. The molecule has 0 spiro atoms. The molecule has 0 heterocycles. The van der Waals surface area contributed by atoms with Crippen LogP contribution in [0.3, 0.4) is 0 Å². The van der Waals surface area contributed by atoms with Gasteiger partial charge in [0.05, 0.1) is 5.92 Å². The Morgan fingerprint density at radius 3 is 2.68 bits per heavy atom. The van der Waals surface area contributed by atoms with Crippen LogP contribution in [0.25, 0.3) is 0 Å². The summed E-state index contributed by atoms with van der Waals surface area (Å²) in [6.07, 6.45) is 6.82. The molecule has 0 aliphatic heterocycles. The van der Waals surface area contributed by atoms with Gasteiger partial charge in [0.1, 0.15) is 19.0 Å². The van der Waals surface area contributed by atoms with Gasteiger partial charge in [-0.25, -0.2) is 0 Å². The van der Waals surface area contributed by atoms with Crippen molar-refractivity contribution >= 4 is 21.9 Å². The van der Waals surface area contributed by atoms with Crippen molar-refractivity contribution in [2.75, 3.05) is 13.2 Å². The van der Waals surface area contributed by atoms with Crippen LogP contribution in [0.4, 0.5) is 0 Å². The van der Waals surface area contributed by atoms with E-state index in [1.165, 1.54) is 0 Å². The quantitative estimate of drug-likeness (QED) is 0.470. The highest BCUT2D eigenvalue weighted by molar-refractivity contribution is 9.10. The lowest BCUT2D eigenvalue weighted by Crippen LogP contribution is -2.21. The number of benzene rings is 1. The van der Waals surface area contributed by atoms with E-state index in [-0.39, 0.29) is 11.9 Å². The third kappa shape index (κ3) is 4.71. The highest BCUT2D eigenvalue weighted by Gasteiger charge is 2.19. The highest BCUT2D eigenvalue weighted by Crippen LogP contribution is 2.19. The van der Waals surface area contributed by atoms with Crippen LogP contribution in [0.1, 0.15) is 19.3 Å². The molecule has 0 radical (unpaired) electrons. The minimum absolute atomic E-state index is 0.0256. The van der Waals surface area contributed by atoms with Gasteiger partial charge in [0.25, 0.3) is 0 Å². The molecule has 0 saturated heterocycles. The van der Waals surface area contributed by atoms with E-state index < -0.39 is 0 Å². The van der Waals surface area contributed by atoms with Crippen LogP contribution in [0.15, 0.2) is 40.9 Å². The summed E-state index contributed by atoms with van der Waals surface area (Å²) in [6.45, 7) is 0.686. The van der Waals surface area contributed by atoms with E-state index >= 15 is 0 Å². The fourth-order valence-corrected chi connectivity index (χ4v) is 2.22. The largest absolute Gasteiger partial charge is 0.490 e. The summed E-state index contributed by atoms with van der Waals surface area (Å²) < 4.78 is 11.7. The number of carbonyl (C=O) groups is 1. The van der Waals surface area contributed by atoms with Gasteiger partial charge >= 0.3 is 5.97 Å². The fraction of sp³-hybridized carbons (Fsp3) is 0.400. The van der Waals surface area contributed by atoms with Gasteiger partial charge < -0.3 is 9.47 Å². The van der Waals surface area contributed by atoms with Crippen LogP contribution in [0, 0.1) is 5.92 Å². The van der Waals surface area contributed by atoms with Gasteiger partial charge in [-0.1, -0.05) is 28.1 Å². The second-order valence-electron chi connectivity index (χ2n) is 4.45. The standard InChI is InChI=1S/C15H17BrO3/c16-13-6-8-14(9-7-13)18-10-11-19-15(17)12-4-2-1-3-5-12/h1-2,6-9,12H,3-5,10-11H2. The second kappa shape index (κ2) is 7.34. The summed E-state index contributed by atoms with van der Waals surface area (Å²) in [5, 5.41) is 0. The van der Waals surface area contributed by atoms with Gasteiger partial charge in [-0.2, -0.15) is 0 Å². The second-order valence-corrected chi connectivity index (χ2v) is 5.37. The van der Waals surface area contributed by atoms with Crippen molar-refractivity contribution in [2.24, 2.45) is 5.92 Å². The molecule has 102 valence electrons. The van der Waals surface area contributed by atoms with Gasteiger partial charge in [0.2, 0.25) is 0 Å². The maximum atomic E-state index is 11.7. The van der Waals surface area contributed by atoms with Gasteiger partial charge in [-0.3, -0.25) is 4.79 Å². The Bertz CT molecular complexity index is 439. The van der Waals surface area contributed by atoms with E-state index in [2.05, 4.69) is 22.0 Å². The zero-order chi connectivity index (χ0) is 13.5. The van der Waals surface area contributed by atoms with E-state index in [1.54, 1.807) is 0 Å². The van der Waals surface area contributed by atoms with E-state index in [9.17, 15) is 4.79 Å². The Morgan fingerprint density at radius 1 is 1.21 bits per heavy atom. The SMILES string of the molecule is O=C(OCCOc1ccc(Br)cc1)C1CC=CCC1. The van der Waals surface area contributed by atoms with Crippen molar-refractivity contribution in [1.29, 1.82) is 0 Å². The monoisotopic (exact) mass is 324 g/mol. The van der Waals surface area contributed by atoms with Crippen LogP contribution in [-0.2, 0) is 9.53 Å². The fourth-order valence-electron chi connectivity index (χ4n) is 1.96. The van der Waals surface area contributed by atoms with E-state index in [0.29, 0.717) is 13.2 Å². The van der Waals surface area contributed by atoms with Crippen molar-refractivity contribution in [2.45, 2.75) is 19.3 Å². The molecule has 1 unspecified atom stereocenters. The first kappa shape index (κ1) is 14.1. The van der Waals surface area contributed by atoms with Crippen LogP contribution >= 0.6 is 15.9 Å². The Labute approximate surface area is 121 Å². The third-order valence-corrected chi connectivity index (χ3v) is 3.54. The minimum Gasteiger partial charge on any atom is -0.490 e. The number of rotatable bonds is 5. The number of allylic oxidation sites excluding steroid dienone is 2. The first-order valence-corrected chi connectivity index (χ1v) is 7.25. The topological polar surface area (TPSA) is 35.5 Å². The van der Waals surface area contributed by atoms with E-state index in [0.717, 1.165) is 29.5 Å². The maximum absolute atomic E-state index is 11.7. The number of halogens is 1. The summed E-state index contributed by atoms with van der Waals surface area (Å²) in [5.74, 6) is 0.696. The summed E-state index contributed by atoms with van der Waals surface area (Å²) >= 11 is 3.36. The lowest BCUT2D eigenvalue weighted by atomic mass is 9.95. The summed E-state index contributed by atoms with van der Waals surface area (Å²) in [6, 6.07) is 7.57. The van der Waals surface area contributed by atoms with Gasteiger partial charge in [0, 0.05) is 4.47 Å². The lowest BCUT2D eigenvalue weighted by molar-refractivity contribution is -0.149. The predicted octanol–water partition coefficient (Wildman–Crippen LogP) is 3.73. The Kier molecular flexibility index (Phi) is 5.45. The lowest BCUT2D eigenvalue weighted by Gasteiger charge is -2.16. The third-order valence-electron chi connectivity index (χ3n) is 3.01. The van der Waals surface area contributed by atoms with Crippen molar-refractivity contribution in [3.8, 4) is 5.75 Å². The summed E-state index contributed by atoms with van der Waals surface area (Å²) in [4.78, 5) is 11.7. The zero-order valence-corrected chi connectivity index (χ0v) is 12.3. The molecule has 1 aliphatic carbocycles. The Balaban J connectivity index is 1.65. The van der Waals surface area contributed by atoms with Crippen LogP contribution in [0.2, 0.25) is 0 Å². The van der Waals surface area contributed by atoms with E-state index in [4.69, 9.17) is 9.47 Å².